The van der Waals surface area contributed by atoms with Crippen molar-refractivity contribution < 1.29 is 14.3 Å². The van der Waals surface area contributed by atoms with E-state index in [0.29, 0.717) is 12.5 Å². The number of halogens is 1. The summed E-state index contributed by atoms with van der Waals surface area (Å²) in [6.45, 7) is 10.5. The molecule has 214 valence electrons. The Balaban J connectivity index is 1.26. The van der Waals surface area contributed by atoms with E-state index < -0.39 is 12.0 Å². The minimum absolute atomic E-state index is 0.0131. The van der Waals surface area contributed by atoms with Crippen LogP contribution in [0.1, 0.15) is 72.2 Å². The minimum atomic E-state index is -0.766. The normalized spacial score (nSPS) is 21.7. The lowest BCUT2D eigenvalue weighted by Gasteiger charge is -2.34. The third kappa shape index (κ3) is 6.64. The van der Waals surface area contributed by atoms with Crippen molar-refractivity contribution in [2.24, 2.45) is 11.8 Å². The highest BCUT2D eigenvalue weighted by atomic mass is 32.1. The summed E-state index contributed by atoms with van der Waals surface area (Å²) in [4.78, 5) is 23.3. The molecule has 2 saturated heterocycles. The first-order valence-electron chi connectivity index (χ1n) is 14.8. The van der Waals surface area contributed by atoms with Crippen LogP contribution in [0.5, 0.6) is 0 Å². The van der Waals surface area contributed by atoms with Gasteiger partial charge in [0.2, 0.25) is 0 Å². The van der Waals surface area contributed by atoms with Crippen LogP contribution in [0.15, 0.2) is 54.6 Å². The standard InChI is InChI=1S/C33H42FN3O2S/c1-4-29-32(40-30(35-29)17-23-9-6-5-7-10-23)24-13-15-36(16-14-24)19-26-20-37(31(22(2)3)33(38)39)21-28(26)25-11-8-12-27(34)18-25/h5-12,18,22,24,26,28,31H,4,13-17,19-21H2,1-3H3,(H,38,39). The van der Waals surface area contributed by atoms with E-state index in [-0.39, 0.29) is 23.6 Å². The topological polar surface area (TPSA) is 56.7 Å². The maximum absolute atomic E-state index is 14.2. The van der Waals surface area contributed by atoms with Gasteiger partial charge in [-0.3, -0.25) is 9.69 Å². The number of likely N-dealkylation sites (tertiary alicyclic amines) is 2. The predicted molar refractivity (Wildman–Crippen MR) is 160 cm³/mol. The number of hydrogen-bond donors (Lipinski definition) is 1. The van der Waals surface area contributed by atoms with Gasteiger partial charge >= 0.3 is 5.97 Å². The molecule has 5 rings (SSSR count). The first kappa shape index (κ1) is 28.9. The lowest BCUT2D eigenvalue weighted by atomic mass is 9.87. The summed E-state index contributed by atoms with van der Waals surface area (Å²) in [5.74, 6) is -0.0352. The van der Waals surface area contributed by atoms with Crippen LogP contribution in [-0.4, -0.2) is 64.6 Å². The highest BCUT2D eigenvalue weighted by Gasteiger charge is 2.41. The molecule has 3 atom stereocenters. The lowest BCUT2D eigenvalue weighted by Crippen LogP contribution is -2.44. The molecular formula is C33H42FN3O2S. The number of carbonyl (C=O) groups is 1. The quantitative estimate of drug-likeness (QED) is 0.308. The van der Waals surface area contributed by atoms with Crippen LogP contribution >= 0.6 is 11.3 Å². The van der Waals surface area contributed by atoms with Gasteiger partial charge in [0.25, 0.3) is 0 Å². The zero-order valence-electron chi connectivity index (χ0n) is 23.9. The molecule has 0 spiro atoms. The second-order valence-corrected chi connectivity index (χ2v) is 13.0. The van der Waals surface area contributed by atoms with Gasteiger partial charge in [0.1, 0.15) is 11.9 Å². The Morgan fingerprint density at radius 1 is 1.10 bits per heavy atom. The van der Waals surface area contributed by atoms with E-state index >= 15 is 0 Å². The molecular weight excluding hydrogens is 521 g/mol. The van der Waals surface area contributed by atoms with Gasteiger partial charge in [-0.25, -0.2) is 9.37 Å². The Morgan fingerprint density at radius 2 is 1.85 bits per heavy atom. The second kappa shape index (κ2) is 12.9. The molecule has 0 radical (unpaired) electrons. The van der Waals surface area contributed by atoms with E-state index in [4.69, 9.17) is 4.98 Å². The molecule has 2 fully saturated rings. The van der Waals surface area contributed by atoms with Gasteiger partial charge < -0.3 is 10.0 Å². The van der Waals surface area contributed by atoms with Gasteiger partial charge in [-0.1, -0.05) is 63.2 Å². The minimum Gasteiger partial charge on any atom is -0.480 e. The fraction of sp³-hybridized carbons (Fsp3) is 0.515. The van der Waals surface area contributed by atoms with Crippen molar-refractivity contribution in [3.05, 3.63) is 87.1 Å². The largest absolute Gasteiger partial charge is 0.480 e. The number of aryl methyl sites for hydroxylation is 1. The fourth-order valence-corrected chi connectivity index (χ4v) is 8.20. The summed E-state index contributed by atoms with van der Waals surface area (Å²) in [5.41, 5.74) is 3.56. The molecule has 3 heterocycles. The molecule has 2 aliphatic heterocycles. The molecule has 3 unspecified atom stereocenters. The third-order valence-electron chi connectivity index (χ3n) is 8.78. The molecule has 2 aromatic carbocycles. The van der Waals surface area contributed by atoms with E-state index in [1.165, 1.54) is 27.2 Å². The maximum atomic E-state index is 14.2. The third-order valence-corrected chi connectivity index (χ3v) is 10.0. The molecule has 40 heavy (non-hydrogen) atoms. The molecule has 7 heteroatoms. The molecule has 2 aliphatic rings. The van der Waals surface area contributed by atoms with Gasteiger partial charge in [-0.2, -0.15) is 0 Å². The second-order valence-electron chi connectivity index (χ2n) is 11.9. The number of hydrogen-bond acceptors (Lipinski definition) is 5. The summed E-state index contributed by atoms with van der Waals surface area (Å²) in [7, 11) is 0. The SMILES string of the molecule is CCc1nc(Cc2ccccc2)sc1C1CCN(CC2CN(C(C(=O)O)C(C)C)CC2c2cccc(F)c2)CC1. The Kier molecular flexibility index (Phi) is 9.34. The average molecular weight is 564 g/mol. The van der Waals surface area contributed by atoms with E-state index in [9.17, 15) is 14.3 Å². The van der Waals surface area contributed by atoms with Gasteiger partial charge in [-0.15, -0.1) is 11.3 Å². The Morgan fingerprint density at radius 3 is 2.50 bits per heavy atom. The van der Waals surface area contributed by atoms with Crippen LogP contribution in [0.3, 0.4) is 0 Å². The number of nitrogens with zero attached hydrogens (tertiary/aromatic N) is 3. The number of thiazole rings is 1. The zero-order chi connectivity index (χ0) is 28.2. The van der Waals surface area contributed by atoms with E-state index in [1.54, 1.807) is 12.1 Å². The number of aromatic nitrogens is 1. The molecule has 0 aliphatic carbocycles. The molecule has 5 nitrogen and oxygen atoms in total. The van der Waals surface area contributed by atoms with Crippen LogP contribution in [0.4, 0.5) is 4.39 Å². The summed E-state index contributed by atoms with van der Waals surface area (Å²) >= 11 is 1.90. The highest BCUT2D eigenvalue weighted by molar-refractivity contribution is 7.11. The van der Waals surface area contributed by atoms with Crippen LogP contribution in [0, 0.1) is 17.7 Å². The molecule has 1 aromatic heterocycles. The first-order chi connectivity index (χ1) is 19.3. The van der Waals surface area contributed by atoms with Gasteiger partial charge in [0.05, 0.1) is 10.7 Å². The number of rotatable bonds is 10. The summed E-state index contributed by atoms with van der Waals surface area (Å²) in [5, 5.41) is 11.2. The smallest absolute Gasteiger partial charge is 0.321 e. The van der Waals surface area contributed by atoms with Crippen molar-refractivity contribution in [3.63, 3.8) is 0 Å². The highest BCUT2D eigenvalue weighted by Crippen LogP contribution is 2.39. The summed E-state index contributed by atoms with van der Waals surface area (Å²) in [6.07, 6.45) is 4.09. The number of benzene rings is 2. The van der Waals surface area contributed by atoms with E-state index in [2.05, 4.69) is 47.1 Å². The Labute approximate surface area is 242 Å². The van der Waals surface area contributed by atoms with Crippen molar-refractivity contribution in [3.8, 4) is 0 Å². The monoisotopic (exact) mass is 563 g/mol. The van der Waals surface area contributed by atoms with Crippen LogP contribution in [0.2, 0.25) is 0 Å². The Bertz CT molecular complexity index is 1270. The van der Waals surface area contributed by atoms with Crippen LogP contribution < -0.4 is 0 Å². The predicted octanol–water partition coefficient (Wildman–Crippen LogP) is 6.44. The Hall–Kier alpha value is -2.61. The average Bonchev–Trinajstić information content (AvgIpc) is 3.53. The van der Waals surface area contributed by atoms with Crippen molar-refractivity contribution in [2.45, 2.75) is 64.3 Å². The van der Waals surface area contributed by atoms with Crippen molar-refractivity contribution >= 4 is 17.3 Å². The van der Waals surface area contributed by atoms with Gasteiger partial charge in [0.15, 0.2) is 0 Å². The summed E-state index contributed by atoms with van der Waals surface area (Å²) in [6, 6.07) is 17.0. The molecule has 0 saturated carbocycles. The number of carboxylic acid groups (broad SMARTS) is 1. The van der Waals surface area contributed by atoms with Gasteiger partial charge in [0, 0.05) is 36.9 Å². The maximum Gasteiger partial charge on any atom is 0.321 e. The first-order valence-corrected chi connectivity index (χ1v) is 15.6. The van der Waals surface area contributed by atoms with E-state index in [0.717, 1.165) is 57.4 Å². The van der Waals surface area contributed by atoms with E-state index in [1.807, 2.05) is 31.3 Å². The molecule has 3 aromatic rings. The van der Waals surface area contributed by atoms with Crippen LogP contribution in [-0.2, 0) is 17.6 Å². The fourth-order valence-electron chi connectivity index (χ4n) is 6.84. The number of piperidine rings is 1. The van der Waals surface area contributed by atoms with Gasteiger partial charge in [-0.05, 0) is 73.4 Å². The molecule has 0 bridgehead atoms. The zero-order valence-corrected chi connectivity index (χ0v) is 24.7. The molecule has 0 amide bonds. The number of aliphatic carboxylic acids is 1. The number of carboxylic acids is 1. The van der Waals surface area contributed by atoms with Crippen LogP contribution in [0.25, 0.3) is 0 Å². The van der Waals surface area contributed by atoms with Crippen molar-refractivity contribution in [2.75, 3.05) is 32.7 Å². The van der Waals surface area contributed by atoms with Crippen molar-refractivity contribution in [1.82, 2.24) is 14.8 Å². The molecule has 1 N–H and O–H groups in total. The summed E-state index contributed by atoms with van der Waals surface area (Å²) < 4.78 is 14.2. The lowest BCUT2D eigenvalue weighted by molar-refractivity contribution is -0.144. The van der Waals surface area contributed by atoms with Crippen molar-refractivity contribution in [1.29, 1.82) is 0 Å².